The Bertz CT molecular complexity index is 572. The smallest absolute Gasteiger partial charge is 0.120 e. The molecule has 6 heteroatoms. The molecule has 0 fully saturated rings. The Balaban J connectivity index is 0.000000211. The van der Waals surface area contributed by atoms with E-state index in [1.165, 1.54) is 0 Å². The number of furan rings is 2. The van der Waals surface area contributed by atoms with E-state index in [0.717, 1.165) is 33.7 Å². The summed E-state index contributed by atoms with van der Waals surface area (Å²) in [6.07, 6.45) is -0.314. The van der Waals surface area contributed by atoms with Gasteiger partial charge in [0.1, 0.15) is 22.5 Å². The van der Waals surface area contributed by atoms with E-state index in [1.54, 1.807) is 14.0 Å². The fourth-order valence-corrected chi connectivity index (χ4v) is 2.70. The van der Waals surface area contributed by atoms with Gasteiger partial charge in [0.25, 0.3) is 0 Å². The molecule has 118 valence electrons. The van der Waals surface area contributed by atoms with E-state index in [-0.39, 0.29) is 6.10 Å². The fourth-order valence-electron chi connectivity index (χ4n) is 1.99. The van der Waals surface area contributed by atoms with Gasteiger partial charge in [0.2, 0.25) is 0 Å². The predicted octanol–water partition coefficient (Wildman–Crippen LogP) is 2.94. The van der Waals surface area contributed by atoms with Crippen LogP contribution >= 0.6 is 18.5 Å². The Labute approximate surface area is 130 Å². The molecule has 2 aromatic rings. The second-order valence-corrected chi connectivity index (χ2v) is 6.01. The van der Waals surface area contributed by atoms with Crippen LogP contribution in [0.2, 0.25) is 0 Å². The number of hydrogen-bond donors (Lipinski definition) is 1. The number of ether oxygens (including phenoxy) is 1. The summed E-state index contributed by atoms with van der Waals surface area (Å²) in [5.41, 5.74) is 3.62. The van der Waals surface area contributed by atoms with Gasteiger partial charge in [-0.05, 0) is 39.8 Å². The normalized spacial score (nSPS) is 13.5. The number of aryl methyl sites for hydroxylation is 2. The third-order valence-corrected chi connectivity index (χ3v) is 3.76. The summed E-state index contributed by atoms with van der Waals surface area (Å²) in [5.74, 6) is 1.73. The Morgan fingerprint density at radius 1 is 1.00 bits per heavy atom. The van der Waals surface area contributed by atoms with Crippen LogP contribution in [0.5, 0.6) is 0 Å². The summed E-state index contributed by atoms with van der Waals surface area (Å²) >= 11 is 0. The minimum Gasteiger partial charge on any atom is -0.462 e. The van der Waals surface area contributed by atoms with Crippen molar-refractivity contribution in [3.8, 4) is 0 Å². The van der Waals surface area contributed by atoms with Crippen LogP contribution in [0.3, 0.4) is 0 Å². The molecule has 2 heterocycles. The third-order valence-electron chi connectivity index (χ3n) is 3.19. The molecule has 0 saturated heterocycles. The first-order valence-electron chi connectivity index (χ1n) is 6.68. The molecule has 4 unspecified atom stereocenters. The van der Waals surface area contributed by atoms with Gasteiger partial charge < -0.3 is 18.7 Å². The lowest BCUT2D eigenvalue weighted by molar-refractivity contribution is 0.118. The second-order valence-electron chi connectivity index (χ2n) is 4.87. The lowest BCUT2D eigenvalue weighted by Crippen LogP contribution is -1.95. The predicted molar refractivity (Wildman–Crippen MR) is 91.6 cm³/mol. The van der Waals surface area contributed by atoms with Gasteiger partial charge in [-0.3, -0.25) is 0 Å². The van der Waals surface area contributed by atoms with E-state index < -0.39 is 6.10 Å². The summed E-state index contributed by atoms with van der Waals surface area (Å²) in [5, 5.41) is 9.15. The first-order valence-corrected chi connectivity index (χ1v) is 7.84. The van der Waals surface area contributed by atoms with E-state index in [9.17, 15) is 0 Å². The van der Waals surface area contributed by atoms with Crippen LogP contribution in [0.1, 0.15) is 48.7 Å². The third kappa shape index (κ3) is 5.23. The molecule has 0 saturated carbocycles. The first-order chi connectivity index (χ1) is 9.76. The zero-order valence-electron chi connectivity index (χ0n) is 13.1. The number of methoxy groups -OCH3 is 1. The zero-order chi connectivity index (χ0) is 16.2. The average molecular weight is 330 g/mol. The molecular weight excluding hydrogens is 306 g/mol. The molecule has 0 spiro atoms. The van der Waals surface area contributed by atoms with Gasteiger partial charge >= 0.3 is 0 Å². The number of aliphatic hydroxyl groups is 1. The largest absolute Gasteiger partial charge is 0.462 e. The summed E-state index contributed by atoms with van der Waals surface area (Å²) in [7, 11) is 6.67. The number of hydrogen-bond acceptors (Lipinski definition) is 4. The Morgan fingerprint density at radius 3 is 1.67 bits per heavy atom. The Kier molecular flexibility index (Phi) is 7.09. The molecule has 4 nitrogen and oxygen atoms in total. The summed E-state index contributed by atoms with van der Waals surface area (Å²) in [4.78, 5) is 0. The molecule has 1 N–H and O–H groups in total. The van der Waals surface area contributed by atoms with Crippen molar-refractivity contribution in [2.24, 2.45) is 0 Å². The topological polar surface area (TPSA) is 55.7 Å². The van der Waals surface area contributed by atoms with Gasteiger partial charge in [-0.2, -0.15) is 0 Å². The SMILES string of the molecule is COC(C)c1cc(P)oc1C.Cc1oc(P)cc1C(C)O. The van der Waals surface area contributed by atoms with E-state index in [0.29, 0.717) is 0 Å². The van der Waals surface area contributed by atoms with Crippen LogP contribution in [0.15, 0.2) is 21.0 Å². The zero-order valence-corrected chi connectivity index (χ0v) is 15.4. The summed E-state index contributed by atoms with van der Waals surface area (Å²) in [6, 6.07) is 3.80. The van der Waals surface area contributed by atoms with Gasteiger partial charge in [-0.25, -0.2) is 0 Å². The van der Waals surface area contributed by atoms with Crippen molar-refractivity contribution >= 4 is 29.5 Å². The van der Waals surface area contributed by atoms with E-state index >= 15 is 0 Å². The van der Waals surface area contributed by atoms with Gasteiger partial charge in [-0.15, -0.1) is 0 Å². The van der Waals surface area contributed by atoms with Crippen molar-refractivity contribution in [2.45, 2.75) is 39.9 Å². The van der Waals surface area contributed by atoms with Crippen LogP contribution < -0.4 is 11.0 Å². The van der Waals surface area contributed by atoms with E-state index in [2.05, 4.69) is 18.5 Å². The number of rotatable bonds is 3. The maximum atomic E-state index is 9.15. The highest BCUT2D eigenvalue weighted by Crippen LogP contribution is 2.20. The van der Waals surface area contributed by atoms with Crippen molar-refractivity contribution in [2.75, 3.05) is 7.11 Å². The highest BCUT2D eigenvalue weighted by Gasteiger charge is 2.11. The molecule has 0 aliphatic rings. The quantitative estimate of drug-likeness (QED) is 0.879. The maximum absolute atomic E-state index is 9.15. The van der Waals surface area contributed by atoms with Crippen LogP contribution in [-0.2, 0) is 4.74 Å². The van der Waals surface area contributed by atoms with Crippen LogP contribution in [-0.4, -0.2) is 12.2 Å². The minimum absolute atomic E-state index is 0.119. The fraction of sp³-hybridized carbons (Fsp3) is 0.467. The number of aliphatic hydroxyl groups excluding tert-OH is 1. The molecule has 0 bridgehead atoms. The lowest BCUT2D eigenvalue weighted by atomic mass is 10.2. The monoisotopic (exact) mass is 330 g/mol. The molecular formula is C15H24O4P2. The Hall–Kier alpha value is -0.660. The molecule has 2 rings (SSSR count). The van der Waals surface area contributed by atoms with E-state index in [1.807, 2.05) is 32.9 Å². The summed E-state index contributed by atoms with van der Waals surface area (Å²) < 4.78 is 15.7. The van der Waals surface area contributed by atoms with Crippen molar-refractivity contribution in [3.05, 3.63) is 34.8 Å². The minimum atomic E-state index is -0.432. The van der Waals surface area contributed by atoms with Crippen molar-refractivity contribution < 1.29 is 18.7 Å². The van der Waals surface area contributed by atoms with Gasteiger partial charge in [-0.1, -0.05) is 18.5 Å². The van der Waals surface area contributed by atoms with Crippen LogP contribution in [0, 0.1) is 13.8 Å². The highest BCUT2D eigenvalue weighted by molar-refractivity contribution is 7.26. The van der Waals surface area contributed by atoms with Gasteiger partial charge in [0.15, 0.2) is 0 Å². The molecule has 21 heavy (non-hydrogen) atoms. The van der Waals surface area contributed by atoms with Crippen molar-refractivity contribution in [3.63, 3.8) is 0 Å². The van der Waals surface area contributed by atoms with Crippen LogP contribution in [0.25, 0.3) is 0 Å². The second kappa shape index (κ2) is 8.10. The van der Waals surface area contributed by atoms with Crippen molar-refractivity contribution in [1.82, 2.24) is 0 Å². The molecule has 0 radical (unpaired) electrons. The molecule has 0 aliphatic heterocycles. The average Bonchev–Trinajstić information content (AvgIpc) is 2.91. The summed E-state index contributed by atoms with van der Waals surface area (Å²) in [6.45, 7) is 7.51. The maximum Gasteiger partial charge on any atom is 0.120 e. The van der Waals surface area contributed by atoms with Crippen LogP contribution in [0.4, 0.5) is 0 Å². The molecule has 2 aromatic heterocycles. The Morgan fingerprint density at radius 2 is 1.43 bits per heavy atom. The molecule has 0 amide bonds. The molecule has 0 aromatic carbocycles. The lowest BCUT2D eigenvalue weighted by Gasteiger charge is -2.06. The standard InChI is InChI=1S/C8H13O2P.C7H11O2P/c1-5(9-3)7-4-8(11)10-6(7)2;1-4(8)6-3-7(10)9-5(6)2/h4-5H,11H2,1-3H3;3-4,8H,10H2,1-2H3. The van der Waals surface area contributed by atoms with Crippen molar-refractivity contribution in [1.29, 1.82) is 0 Å². The highest BCUT2D eigenvalue weighted by atomic mass is 31.0. The molecule has 0 aliphatic carbocycles. The van der Waals surface area contributed by atoms with Gasteiger partial charge in [0, 0.05) is 18.2 Å². The van der Waals surface area contributed by atoms with Gasteiger partial charge in [0.05, 0.1) is 12.2 Å². The molecule has 4 atom stereocenters. The first kappa shape index (κ1) is 18.4. The van der Waals surface area contributed by atoms with E-state index in [4.69, 9.17) is 18.7 Å².